The summed E-state index contributed by atoms with van der Waals surface area (Å²) in [6.07, 6.45) is 2.70. The van der Waals surface area contributed by atoms with E-state index >= 15 is 0 Å². The van der Waals surface area contributed by atoms with Crippen LogP contribution in [-0.2, 0) is 15.9 Å². The fraction of sp³-hybridized carbons (Fsp3) is 0.632. The lowest BCUT2D eigenvalue weighted by Gasteiger charge is -2.34. The van der Waals surface area contributed by atoms with Gasteiger partial charge in [0.2, 0.25) is 0 Å². The van der Waals surface area contributed by atoms with E-state index in [0.29, 0.717) is 6.54 Å². The molecule has 6 nitrogen and oxygen atoms in total. The van der Waals surface area contributed by atoms with Crippen molar-refractivity contribution in [2.24, 2.45) is 4.99 Å². The molecular formula is C19H31N3O3. The van der Waals surface area contributed by atoms with Crippen LogP contribution in [0.1, 0.15) is 25.3 Å². The Balaban J connectivity index is 1.86. The van der Waals surface area contributed by atoms with E-state index in [1.54, 1.807) is 14.2 Å². The summed E-state index contributed by atoms with van der Waals surface area (Å²) in [7, 11) is 3.45. The Hall–Kier alpha value is -1.79. The van der Waals surface area contributed by atoms with Gasteiger partial charge in [0.1, 0.15) is 5.75 Å². The van der Waals surface area contributed by atoms with Crippen LogP contribution in [0, 0.1) is 0 Å². The number of hydrogen-bond donors (Lipinski definition) is 2. The Bertz CT molecular complexity index is 525. The molecule has 1 fully saturated rings. The zero-order valence-corrected chi connectivity index (χ0v) is 15.6. The summed E-state index contributed by atoms with van der Waals surface area (Å²) in [5.41, 5.74) is 1.07. The van der Waals surface area contributed by atoms with Crippen molar-refractivity contribution in [2.45, 2.75) is 31.8 Å². The maximum atomic E-state index is 5.75. The third kappa shape index (κ3) is 6.21. The van der Waals surface area contributed by atoms with Crippen molar-refractivity contribution in [2.75, 3.05) is 47.1 Å². The molecule has 2 rings (SSSR count). The van der Waals surface area contributed by atoms with Crippen molar-refractivity contribution in [3.63, 3.8) is 0 Å². The largest absolute Gasteiger partial charge is 0.497 e. The Morgan fingerprint density at radius 1 is 1.16 bits per heavy atom. The molecule has 25 heavy (non-hydrogen) atoms. The molecule has 0 aromatic heterocycles. The van der Waals surface area contributed by atoms with Gasteiger partial charge in [0.05, 0.1) is 19.3 Å². The third-order valence-electron chi connectivity index (χ3n) is 4.57. The van der Waals surface area contributed by atoms with Crippen LogP contribution in [0.4, 0.5) is 0 Å². The average molecular weight is 349 g/mol. The zero-order chi connectivity index (χ0) is 18.0. The zero-order valence-electron chi connectivity index (χ0n) is 15.6. The third-order valence-corrected chi connectivity index (χ3v) is 4.57. The molecule has 2 N–H and O–H groups in total. The molecule has 0 radical (unpaired) electrons. The first-order chi connectivity index (χ1) is 12.2. The van der Waals surface area contributed by atoms with Gasteiger partial charge in [0.15, 0.2) is 5.96 Å². The van der Waals surface area contributed by atoms with Crippen LogP contribution in [0.2, 0.25) is 0 Å². The molecule has 0 unspecified atom stereocenters. The van der Waals surface area contributed by atoms with Crippen molar-refractivity contribution < 1.29 is 14.2 Å². The van der Waals surface area contributed by atoms with Gasteiger partial charge < -0.3 is 24.8 Å². The molecule has 1 heterocycles. The SMILES string of the molecule is CCNC(=NCC1(OC)CCOCC1)NCCc1ccc(OC)cc1. The van der Waals surface area contributed by atoms with Gasteiger partial charge in [-0.3, -0.25) is 4.99 Å². The van der Waals surface area contributed by atoms with Gasteiger partial charge in [-0.25, -0.2) is 0 Å². The van der Waals surface area contributed by atoms with E-state index in [4.69, 9.17) is 19.2 Å². The Morgan fingerprint density at radius 3 is 2.48 bits per heavy atom. The highest BCUT2D eigenvalue weighted by molar-refractivity contribution is 5.79. The summed E-state index contributed by atoms with van der Waals surface area (Å²) in [5, 5.41) is 6.70. The first-order valence-corrected chi connectivity index (χ1v) is 8.99. The molecule has 1 aliphatic rings. The number of aliphatic imine (C=N–C) groups is 1. The lowest BCUT2D eigenvalue weighted by molar-refractivity contribution is -0.0828. The van der Waals surface area contributed by atoms with Crippen LogP contribution >= 0.6 is 0 Å². The molecule has 6 heteroatoms. The Morgan fingerprint density at radius 2 is 1.88 bits per heavy atom. The fourth-order valence-electron chi connectivity index (χ4n) is 2.85. The minimum atomic E-state index is -0.198. The maximum Gasteiger partial charge on any atom is 0.191 e. The van der Waals surface area contributed by atoms with E-state index in [2.05, 4.69) is 29.7 Å². The van der Waals surface area contributed by atoms with Crippen LogP contribution in [0.5, 0.6) is 5.75 Å². The van der Waals surface area contributed by atoms with Gasteiger partial charge in [0, 0.05) is 46.3 Å². The molecule has 0 aliphatic carbocycles. The van der Waals surface area contributed by atoms with Crippen molar-refractivity contribution >= 4 is 5.96 Å². The molecular weight excluding hydrogens is 318 g/mol. The summed E-state index contributed by atoms with van der Waals surface area (Å²) in [6.45, 7) is 5.85. The van der Waals surface area contributed by atoms with Gasteiger partial charge >= 0.3 is 0 Å². The van der Waals surface area contributed by atoms with Crippen LogP contribution < -0.4 is 15.4 Å². The van der Waals surface area contributed by atoms with Crippen molar-refractivity contribution in [3.05, 3.63) is 29.8 Å². The van der Waals surface area contributed by atoms with E-state index < -0.39 is 0 Å². The fourth-order valence-corrected chi connectivity index (χ4v) is 2.85. The summed E-state index contributed by atoms with van der Waals surface area (Å²) in [4.78, 5) is 4.73. The topological polar surface area (TPSA) is 64.1 Å². The van der Waals surface area contributed by atoms with Gasteiger partial charge in [-0.1, -0.05) is 12.1 Å². The van der Waals surface area contributed by atoms with Gasteiger partial charge in [-0.2, -0.15) is 0 Å². The Kier molecular flexibility index (Phi) is 8.01. The normalized spacial score (nSPS) is 17.2. The average Bonchev–Trinajstić information content (AvgIpc) is 2.67. The number of methoxy groups -OCH3 is 2. The number of ether oxygens (including phenoxy) is 3. The lowest BCUT2D eigenvalue weighted by atomic mass is 9.94. The molecule has 1 aromatic rings. The monoisotopic (exact) mass is 349 g/mol. The van der Waals surface area contributed by atoms with Crippen LogP contribution in [0.3, 0.4) is 0 Å². The second-order valence-electron chi connectivity index (χ2n) is 6.22. The Labute approximate surface area is 151 Å². The highest BCUT2D eigenvalue weighted by Gasteiger charge is 2.32. The number of rotatable bonds is 8. The van der Waals surface area contributed by atoms with Crippen LogP contribution in [0.15, 0.2) is 29.3 Å². The second kappa shape index (κ2) is 10.3. The lowest BCUT2D eigenvalue weighted by Crippen LogP contribution is -2.44. The number of benzene rings is 1. The molecule has 0 atom stereocenters. The van der Waals surface area contributed by atoms with Crippen LogP contribution in [-0.4, -0.2) is 58.6 Å². The van der Waals surface area contributed by atoms with Crippen molar-refractivity contribution in [3.8, 4) is 5.75 Å². The van der Waals surface area contributed by atoms with E-state index in [1.165, 1.54) is 5.56 Å². The molecule has 1 saturated heterocycles. The first kappa shape index (κ1) is 19.5. The summed E-state index contributed by atoms with van der Waals surface area (Å²) in [6, 6.07) is 8.16. The second-order valence-corrected chi connectivity index (χ2v) is 6.22. The number of guanidine groups is 1. The highest BCUT2D eigenvalue weighted by atomic mass is 16.5. The molecule has 0 amide bonds. The van der Waals surface area contributed by atoms with E-state index in [0.717, 1.165) is 57.3 Å². The molecule has 0 spiro atoms. The number of nitrogens with zero attached hydrogens (tertiary/aromatic N) is 1. The van der Waals surface area contributed by atoms with Gasteiger partial charge in [0.25, 0.3) is 0 Å². The summed E-state index contributed by atoms with van der Waals surface area (Å²) < 4.78 is 16.4. The van der Waals surface area contributed by atoms with Gasteiger partial charge in [-0.05, 0) is 31.0 Å². The van der Waals surface area contributed by atoms with Crippen LogP contribution in [0.25, 0.3) is 0 Å². The number of nitrogens with one attached hydrogen (secondary N) is 2. The molecule has 140 valence electrons. The van der Waals surface area contributed by atoms with E-state index in [9.17, 15) is 0 Å². The van der Waals surface area contributed by atoms with E-state index in [-0.39, 0.29) is 5.60 Å². The van der Waals surface area contributed by atoms with Gasteiger partial charge in [-0.15, -0.1) is 0 Å². The molecule has 1 aromatic carbocycles. The van der Waals surface area contributed by atoms with Crippen molar-refractivity contribution in [1.29, 1.82) is 0 Å². The minimum absolute atomic E-state index is 0.198. The number of hydrogen-bond acceptors (Lipinski definition) is 4. The molecule has 0 bridgehead atoms. The quantitative estimate of drug-likeness (QED) is 0.555. The van der Waals surface area contributed by atoms with Crippen molar-refractivity contribution in [1.82, 2.24) is 10.6 Å². The molecule has 1 aliphatic heterocycles. The predicted octanol–water partition coefficient (Wildman–Crippen LogP) is 1.99. The maximum absolute atomic E-state index is 5.75. The first-order valence-electron chi connectivity index (χ1n) is 8.99. The minimum Gasteiger partial charge on any atom is -0.497 e. The summed E-state index contributed by atoms with van der Waals surface area (Å²) in [5.74, 6) is 1.71. The molecule has 0 saturated carbocycles. The smallest absolute Gasteiger partial charge is 0.191 e. The van der Waals surface area contributed by atoms with E-state index in [1.807, 2.05) is 12.1 Å². The summed E-state index contributed by atoms with van der Waals surface area (Å²) >= 11 is 0. The standard InChI is InChI=1S/C19H31N3O3/c1-4-20-18(22-15-19(24-3)10-13-25-14-11-19)21-12-9-16-5-7-17(23-2)8-6-16/h5-8H,4,9-15H2,1-3H3,(H2,20,21,22). The highest BCUT2D eigenvalue weighted by Crippen LogP contribution is 2.24. The predicted molar refractivity (Wildman–Crippen MR) is 100 cm³/mol.